The molecular weight excluding hydrogens is 254 g/mol. The van der Waals surface area contributed by atoms with Crippen LogP contribution in [0.25, 0.3) is 11.3 Å². The van der Waals surface area contributed by atoms with Crippen LogP contribution >= 0.6 is 0 Å². The fourth-order valence-electron chi connectivity index (χ4n) is 1.92. The summed E-state index contributed by atoms with van der Waals surface area (Å²) < 4.78 is 6.57. The predicted molar refractivity (Wildman–Crippen MR) is 79.8 cm³/mol. The van der Waals surface area contributed by atoms with E-state index < -0.39 is 0 Å². The van der Waals surface area contributed by atoms with E-state index in [1.54, 1.807) is 13.2 Å². The number of benzene rings is 1. The number of nitrogens with two attached hydrogens (primary N) is 1. The van der Waals surface area contributed by atoms with Gasteiger partial charge in [-0.15, -0.1) is 0 Å². The maximum absolute atomic E-state index is 11.9. The van der Waals surface area contributed by atoms with E-state index in [2.05, 4.69) is 12.0 Å². The summed E-state index contributed by atoms with van der Waals surface area (Å²) in [6.07, 6.45) is 1.90. The number of hydrogen-bond acceptors (Lipinski definition) is 4. The highest BCUT2D eigenvalue weighted by Gasteiger charge is 2.07. The predicted octanol–water partition coefficient (Wildman–Crippen LogP) is 2.30. The van der Waals surface area contributed by atoms with Gasteiger partial charge in [0.15, 0.2) is 0 Å². The molecule has 0 aliphatic heterocycles. The fraction of sp³-hybridized carbons (Fsp3) is 0.333. The highest BCUT2D eigenvalue weighted by atomic mass is 16.5. The summed E-state index contributed by atoms with van der Waals surface area (Å²) in [4.78, 5) is 11.9. The van der Waals surface area contributed by atoms with Gasteiger partial charge in [-0.3, -0.25) is 4.79 Å². The Morgan fingerprint density at radius 2 is 2.00 bits per heavy atom. The van der Waals surface area contributed by atoms with Gasteiger partial charge in [-0.1, -0.05) is 13.3 Å². The number of anilines is 1. The first-order valence-electron chi connectivity index (χ1n) is 6.67. The second-order valence-corrected chi connectivity index (χ2v) is 4.60. The lowest BCUT2D eigenvalue weighted by Crippen LogP contribution is -2.25. The minimum Gasteiger partial charge on any atom is -0.497 e. The number of hydrogen-bond donors (Lipinski definition) is 1. The molecule has 1 aromatic carbocycles. The molecule has 1 heterocycles. The van der Waals surface area contributed by atoms with Crippen molar-refractivity contribution in [1.29, 1.82) is 0 Å². The second kappa shape index (κ2) is 6.23. The Balaban J connectivity index is 2.40. The van der Waals surface area contributed by atoms with Crippen LogP contribution < -0.4 is 16.0 Å². The Labute approximate surface area is 118 Å². The van der Waals surface area contributed by atoms with Crippen LogP contribution in [0.3, 0.4) is 0 Å². The molecule has 0 amide bonds. The molecule has 2 rings (SSSR count). The fourth-order valence-corrected chi connectivity index (χ4v) is 1.92. The number of rotatable bonds is 5. The van der Waals surface area contributed by atoms with Crippen molar-refractivity contribution >= 4 is 5.69 Å². The van der Waals surface area contributed by atoms with Crippen molar-refractivity contribution < 1.29 is 4.74 Å². The van der Waals surface area contributed by atoms with Gasteiger partial charge in [0.2, 0.25) is 0 Å². The summed E-state index contributed by atoms with van der Waals surface area (Å²) >= 11 is 0. The summed E-state index contributed by atoms with van der Waals surface area (Å²) in [6, 6.07) is 9.13. The first-order valence-corrected chi connectivity index (χ1v) is 6.67. The van der Waals surface area contributed by atoms with Crippen LogP contribution in [0.1, 0.15) is 19.8 Å². The molecule has 0 radical (unpaired) electrons. The lowest BCUT2D eigenvalue weighted by atomic mass is 10.1. The number of aryl methyl sites for hydroxylation is 1. The van der Waals surface area contributed by atoms with E-state index in [4.69, 9.17) is 10.5 Å². The third-order valence-corrected chi connectivity index (χ3v) is 3.11. The van der Waals surface area contributed by atoms with Crippen molar-refractivity contribution in [3.63, 3.8) is 0 Å². The Morgan fingerprint density at radius 1 is 1.30 bits per heavy atom. The minimum atomic E-state index is -0.226. The molecule has 20 heavy (non-hydrogen) atoms. The smallest absolute Gasteiger partial charge is 0.289 e. The molecule has 0 aliphatic carbocycles. The van der Waals surface area contributed by atoms with Crippen LogP contribution in [0, 0.1) is 0 Å². The van der Waals surface area contributed by atoms with Crippen molar-refractivity contribution in [3.8, 4) is 17.0 Å². The molecule has 1 aromatic heterocycles. The Morgan fingerprint density at radius 3 is 2.60 bits per heavy atom. The third-order valence-electron chi connectivity index (χ3n) is 3.11. The number of aromatic nitrogens is 2. The Kier molecular flexibility index (Phi) is 4.40. The maximum atomic E-state index is 11.9. The number of unbranched alkanes of at least 4 members (excludes halogenated alkanes) is 1. The van der Waals surface area contributed by atoms with Crippen molar-refractivity contribution in [1.82, 2.24) is 9.78 Å². The molecule has 0 unspecified atom stereocenters. The molecule has 0 spiro atoms. The molecule has 106 valence electrons. The van der Waals surface area contributed by atoms with Crippen LogP contribution in [0.4, 0.5) is 5.69 Å². The molecule has 5 nitrogen and oxygen atoms in total. The third kappa shape index (κ3) is 2.99. The van der Waals surface area contributed by atoms with Crippen LogP contribution in [-0.2, 0) is 6.54 Å². The molecular formula is C15H19N3O2. The molecule has 5 heteroatoms. The van der Waals surface area contributed by atoms with Gasteiger partial charge in [0, 0.05) is 12.1 Å². The zero-order valence-electron chi connectivity index (χ0n) is 11.8. The van der Waals surface area contributed by atoms with Gasteiger partial charge in [0.1, 0.15) is 11.4 Å². The van der Waals surface area contributed by atoms with Crippen LogP contribution in [-0.4, -0.2) is 16.9 Å². The normalized spacial score (nSPS) is 10.5. The zero-order chi connectivity index (χ0) is 14.5. The molecule has 2 N–H and O–H groups in total. The van der Waals surface area contributed by atoms with Crippen LogP contribution in [0.15, 0.2) is 35.1 Å². The molecule has 2 aromatic rings. The second-order valence-electron chi connectivity index (χ2n) is 4.60. The summed E-state index contributed by atoms with van der Waals surface area (Å²) in [5.74, 6) is 0.779. The van der Waals surface area contributed by atoms with E-state index in [1.165, 1.54) is 4.68 Å². The average Bonchev–Trinajstić information content (AvgIpc) is 2.48. The molecule has 0 atom stereocenters. The van der Waals surface area contributed by atoms with Gasteiger partial charge < -0.3 is 10.5 Å². The maximum Gasteiger partial charge on any atom is 0.289 e. The van der Waals surface area contributed by atoms with Crippen molar-refractivity contribution in [2.45, 2.75) is 26.3 Å². The van der Waals surface area contributed by atoms with E-state index in [0.717, 1.165) is 24.2 Å². The number of ether oxygens (including phenoxy) is 1. The molecule has 0 bridgehead atoms. The average molecular weight is 273 g/mol. The lowest BCUT2D eigenvalue weighted by molar-refractivity contribution is 0.415. The first-order chi connectivity index (χ1) is 9.65. The van der Waals surface area contributed by atoms with Crippen molar-refractivity contribution in [2.24, 2.45) is 0 Å². The van der Waals surface area contributed by atoms with Crippen molar-refractivity contribution in [2.75, 3.05) is 12.8 Å². The van der Waals surface area contributed by atoms with Crippen LogP contribution in [0.2, 0.25) is 0 Å². The zero-order valence-corrected chi connectivity index (χ0v) is 11.8. The van der Waals surface area contributed by atoms with Gasteiger partial charge >= 0.3 is 0 Å². The monoisotopic (exact) mass is 273 g/mol. The minimum absolute atomic E-state index is 0.224. The topological polar surface area (TPSA) is 70.1 Å². The molecule has 0 aliphatic rings. The van der Waals surface area contributed by atoms with E-state index in [9.17, 15) is 4.79 Å². The van der Waals surface area contributed by atoms with E-state index >= 15 is 0 Å². The summed E-state index contributed by atoms with van der Waals surface area (Å²) in [5.41, 5.74) is 7.39. The first kappa shape index (κ1) is 14.1. The molecule has 0 saturated heterocycles. The van der Waals surface area contributed by atoms with Crippen LogP contribution in [0.5, 0.6) is 5.75 Å². The highest BCUT2D eigenvalue weighted by molar-refractivity contribution is 5.62. The summed E-state index contributed by atoms with van der Waals surface area (Å²) in [5, 5.41) is 4.38. The van der Waals surface area contributed by atoms with Gasteiger partial charge in [-0.05, 0) is 36.8 Å². The molecule has 0 fully saturated rings. The highest BCUT2D eigenvalue weighted by Crippen LogP contribution is 2.20. The van der Waals surface area contributed by atoms with Crippen molar-refractivity contribution in [3.05, 3.63) is 40.7 Å². The number of nitrogen functional groups attached to an aromatic ring is 1. The van der Waals surface area contributed by atoms with Gasteiger partial charge in [0.05, 0.1) is 12.8 Å². The summed E-state index contributed by atoms with van der Waals surface area (Å²) in [6.45, 7) is 2.66. The van der Waals surface area contributed by atoms with Gasteiger partial charge in [-0.25, -0.2) is 4.68 Å². The summed E-state index contributed by atoms with van der Waals surface area (Å²) in [7, 11) is 1.62. The lowest BCUT2D eigenvalue weighted by Gasteiger charge is -2.09. The van der Waals surface area contributed by atoms with E-state index in [1.807, 2.05) is 24.3 Å². The van der Waals surface area contributed by atoms with Gasteiger partial charge in [-0.2, -0.15) is 5.10 Å². The quantitative estimate of drug-likeness (QED) is 0.907. The number of nitrogens with zero attached hydrogens (tertiary/aromatic N) is 2. The SMILES string of the molecule is CCCCn1nc(-c2ccc(OC)cc2)cc(N)c1=O. The Bertz CT molecular complexity index is 633. The van der Waals surface area contributed by atoms with E-state index in [0.29, 0.717) is 12.2 Å². The number of methoxy groups -OCH3 is 1. The standard InChI is InChI=1S/C15H19N3O2/c1-3-4-9-18-15(19)13(16)10-14(17-18)11-5-7-12(20-2)8-6-11/h5-8,10H,3-4,9,16H2,1-2H3. The van der Waals surface area contributed by atoms with Gasteiger partial charge in [0.25, 0.3) is 5.56 Å². The molecule has 0 saturated carbocycles. The largest absolute Gasteiger partial charge is 0.497 e. The van der Waals surface area contributed by atoms with E-state index in [-0.39, 0.29) is 11.2 Å². The Hall–Kier alpha value is -2.30.